The van der Waals surface area contributed by atoms with Gasteiger partial charge in [-0.3, -0.25) is 9.59 Å². The minimum Gasteiger partial charge on any atom is -0.494 e. The number of alkyl halides is 3. The third-order valence-corrected chi connectivity index (χ3v) is 5.55. The summed E-state index contributed by atoms with van der Waals surface area (Å²) in [7, 11) is 0. The molecular weight excluding hydrogens is 429 g/mol. The smallest absolute Gasteiger partial charge is 0.450 e. The first kappa shape index (κ1) is 26.6. The van der Waals surface area contributed by atoms with Crippen LogP contribution in [0.15, 0.2) is 48.5 Å². The van der Waals surface area contributed by atoms with Crippen LogP contribution < -0.4 is 4.74 Å². The summed E-state index contributed by atoms with van der Waals surface area (Å²) >= 11 is 0. The van der Waals surface area contributed by atoms with Gasteiger partial charge in [-0.1, -0.05) is 94.7 Å². The first-order chi connectivity index (χ1) is 15.8. The molecule has 0 spiro atoms. The number of Topliss-reactive ketones (excluding diaryl/α,β-unsaturated/α-hetero) is 2. The Bertz CT molecular complexity index is 856. The fraction of sp³-hybridized carbons (Fsp3) is 0.481. The van der Waals surface area contributed by atoms with Crippen LogP contribution in [0.2, 0.25) is 0 Å². The average molecular weight is 463 g/mol. The lowest BCUT2D eigenvalue weighted by Crippen LogP contribution is -2.25. The Kier molecular flexibility index (Phi) is 11.1. The van der Waals surface area contributed by atoms with Crippen molar-refractivity contribution in [3.63, 3.8) is 0 Å². The molecule has 180 valence electrons. The molecule has 0 heterocycles. The van der Waals surface area contributed by atoms with Gasteiger partial charge in [-0.2, -0.15) is 13.2 Å². The summed E-state index contributed by atoms with van der Waals surface area (Å²) < 4.78 is 42.8. The van der Waals surface area contributed by atoms with Gasteiger partial charge in [0.25, 0.3) is 0 Å². The standard InChI is InChI=1S/C27H33F3O3/c1-2-3-4-5-6-7-8-9-10-19-33-24-17-15-22(16-18-24)21-11-13-23(14-12-21)25(31)20-26(32)27(28,29)30/h11-18H,2-10,19-20H2,1H3. The van der Waals surface area contributed by atoms with E-state index in [0.29, 0.717) is 6.61 Å². The molecule has 0 unspecified atom stereocenters. The molecule has 33 heavy (non-hydrogen) atoms. The molecule has 0 fully saturated rings. The largest absolute Gasteiger partial charge is 0.494 e. The van der Waals surface area contributed by atoms with Gasteiger partial charge in [0, 0.05) is 5.56 Å². The lowest BCUT2D eigenvalue weighted by atomic mass is 10.0. The molecule has 0 N–H and O–H groups in total. The van der Waals surface area contributed by atoms with Gasteiger partial charge in [0.2, 0.25) is 5.78 Å². The molecule has 0 aliphatic heterocycles. The molecule has 0 amide bonds. The second-order valence-electron chi connectivity index (χ2n) is 8.30. The Morgan fingerprint density at radius 3 is 1.73 bits per heavy atom. The molecule has 0 aliphatic rings. The summed E-state index contributed by atoms with van der Waals surface area (Å²) in [5.74, 6) is -2.09. The average Bonchev–Trinajstić information content (AvgIpc) is 2.80. The maximum Gasteiger partial charge on any atom is 0.450 e. The van der Waals surface area contributed by atoms with Gasteiger partial charge in [-0.05, 0) is 29.7 Å². The molecular formula is C27H33F3O3. The van der Waals surface area contributed by atoms with Crippen molar-refractivity contribution < 1.29 is 27.5 Å². The molecule has 0 atom stereocenters. The minimum atomic E-state index is -4.99. The topological polar surface area (TPSA) is 43.4 Å². The molecule has 0 saturated heterocycles. The van der Waals surface area contributed by atoms with E-state index < -0.39 is 24.2 Å². The van der Waals surface area contributed by atoms with E-state index in [4.69, 9.17) is 4.74 Å². The van der Waals surface area contributed by atoms with Crippen molar-refractivity contribution in [2.24, 2.45) is 0 Å². The Balaban J connectivity index is 1.73. The van der Waals surface area contributed by atoms with Crippen molar-refractivity contribution in [3.8, 4) is 16.9 Å². The summed E-state index contributed by atoms with van der Waals surface area (Å²) in [6.45, 7) is 2.91. The number of unbranched alkanes of at least 4 members (excludes halogenated alkanes) is 8. The quantitative estimate of drug-likeness (QED) is 0.153. The fourth-order valence-electron chi connectivity index (χ4n) is 3.54. The Hall–Kier alpha value is -2.63. The van der Waals surface area contributed by atoms with E-state index >= 15 is 0 Å². The van der Waals surface area contributed by atoms with E-state index in [9.17, 15) is 22.8 Å². The van der Waals surface area contributed by atoms with Crippen molar-refractivity contribution in [2.45, 2.75) is 77.3 Å². The number of rotatable bonds is 15. The summed E-state index contributed by atoms with van der Waals surface area (Å²) in [5.41, 5.74) is 1.80. The second kappa shape index (κ2) is 13.8. The molecule has 6 heteroatoms. The molecule has 0 aromatic heterocycles. The van der Waals surface area contributed by atoms with Crippen LogP contribution in [-0.2, 0) is 4.79 Å². The van der Waals surface area contributed by atoms with E-state index in [1.165, 1.54) is 63.5 Å². The summed E-state index contributed by atoms with van der Waals surface area (Å²) in [6.07, 6.45) is 5.21. The Morgan fingerprint density at radius 2 is 1.21 bits per heavy atom. The van der Waals surface area contributed by atoms with E-state index in [2.05, 4.69) is 6.92 Å². The van der Waals surface area contributed by atoms with Crippen molar-refractivity contribution in [1.82, 2.24) is 0 Å². The van der Waals surface area contributed by atoms with Gasteiger partial charge in [-0.15, -0.1) is 0 Å². The van der Waals surface area contributed by atoms with Gasteiger partial charge >= 0.3 is 6.18 Å². The zero-order valence-electron chi connectivity index (χ0n) is 19.3. The van der Waals surface area contributed by atoms with Crippen LogP contribution in [0.4, 0.5) is 13.2 Å². The van der Waals surface area contributed by atoms with Crippen LogP contribution in [0.25, 0.3) is 11.1 Å². The van der Waals surface area contributed by atoms with Crippen LogP contribution in [0.3, 0.4) is 0 Å². The summed E-state index contributed by atoms with van der Waals surface area (Å²) in [6, 6.07) is 13.7. The zero-order chi connectivity index (χ0) is 24.1. The number of ketones is 2. The SMILES string of the molecule is CCCCCCCCCCCOc1ccc(-c2ccc(C(=O)CC(=O)C(F)(F)F)cc2)cc1. The molecule has 0 radical (unpaired) electrons. The van der Waals surface area contributed by atoms with Crippen molar-refractivity contribution >= 4 is 11.6 Å². The molecule has 0 bridgehead atoms. The highest BCUT2D eigenvalue weighted by molar-refractivity contribution is 6.09. The van der Waals surface area contributed by atoms with E-state index in [0.717, 1.165) is 23.3 Å². The van der Waals surface area contributed by atoms with Crippen molar-refractivity contribution in [1.29, 1.82) is 0 Å². The number of ether oxygens (including phenoxy) is 1. The number of benzene rings is 2. The van der Waals surface area contributed by atoms with E-state index in [-0.39, 0.29) is 5.56 Å². The molecule has 0 aliphatic carbocycles. The molecule has 2 rings (SSSR count). The van der Waals surface area contributed by atoms with Crippen LogP contribution in [-0.4, -0.2) is 24.3 Å². The Labute approximate surface area is 194 Å². The third-order valence-electron chi connectivity index (χ3n) is 5.55. The predicted molar refractivity (Wildman–Crippen MR) is 125 cm³/mol. The number of carbonyl (C=O) groups is 2. The Morgan fingerprint density at radius 1 is 0.727 bits per heavy atom. The molecule has 2 aromatic carbocycles. The van der Waals surface area contributed by atoms with Gasteiger partial charge in [-0.25, -0.2) is 0 Å². The first-order valence-corrected chi connectivity index (χ1v) is 11.8. The zero-order valence-corrected chi connectivity index (χ0v) is 19.3. The second-order valence-corrected chi connectivity index (χ2v) is 8.30. The van der Waals surface area contributed by atoms with Crippen LogP contribution in [0, 0.1) is 0 Å². The van der Waals surface area contributed by atoms with E-state index in [1.54, 1.807) is 12.1 Å². The predicted octanol–water partition coefficient (Wildman–Crippen LogP) is 7.97. The normalized spacial score (nSPS) is 11.4. The minimum absolute atomic E-state index is 0.0808. The first-order valence-electron chi connectivity index (χ1n) is 11.8. The molecule has 3 nitrogen and oxygen atoms in total. The van der Waals surface area contributed by atoms with E-state index in [1.807, 2.05) is 24.3 Å². The van der Waals surface area contributed by atoms with Crippen LogP contribution in [0.1, 0.15) is 81.5 Å². The molecule has 2 aromatic rings. The number of halogens is 3. The van der Waals surface area contributed by atoms with Crippen LogP contribution >= 0.6 is 0 Å². The fourth-order valence-corrected chi connectivity index (χ4v) is 3.54. The summed E-state index contributed by atoms with van der Waals surface area (Å²) in [5, 5.41) is 0. The monoisotopic (exact) mass is 462 g/mol. The number of hydrogen-bond acceptors (Lipinski definition) is 3. The lowest BCUT2D eigenvalue weighted by molar-refractivity contribution is -0.170. The van der Waals surface area contributed by atoms with Crippen LogP contribution in [0.5, 0.6) is 5.75 Å². The van der Waals surface area contributed by atoms with Gasteiger partial charge in [0.1, 0.15) is 5.75 Å². The van der Waals surface area contributed by atoms with Gasteiger partial charge in [0.05, 0.1) is 13.0 Å². The van der Waals surface area contributed by atoms with Gasteiger partial charge < -0.3 is 4.74 Å². The maximum absolute atomic E-state index is 12.3. The lowest BCUT2D eigenvalue weighted by Gasteiger charge is -2.08. The van der Waals surface area contributed by atoms with Crippen molar-refractivity contribution in [3.05, 3.63) is 54.1 Å². The third kappa shape index (κ3) is 9.80. The maximum atomic E-state index is 12.3. The summed E-state index contributed by atoms with van der Waals surface area (Å²) in [4.78, 5) is 22.9. The van der Waals surface area contributed by atoms with Crippen molar-refractivity contribution in [2.75, 3.05) is 6.61 Å². The van der Waals surface area contributed by atoms with Gasteiger partial charge in [0.15, 0.2) is 5.78 Å². The number of carbonyl (C=O) groups excluding carboxylic acids is 2. The highest BCUT2D eigenvalue weighted by Gasteiger charge is 2.39. The number of hydrogen-bond donors (Lipinski definition) is 0. The highest BCUT2D eigenvalue weighted by atomic mass is 19.4. The highest BCUT2D eigenvalue weighted by Crippen LogP contribution is 2.24. The molecule has 0 saturated carbocycles.